The summed E-state index contributed by atoms with van der Waals surface area (Å²) in [6.45, 7) is 0. The second kappa shape index (κ2) is 8.67. The highest BCUT2D eigenvalue weighted by molar-refractivity contribution is 6.35. The Morgan fingerprint density at radius 2 is 1.92 bits per heavy atom. The van der Waals surface area contributed by atoms with E-state index < -0.39 is 11.8 Å². The first-order valence-electron chi connectivity index (χ1n) is 8.61. The zero-order chi connectivity index (χ0) is 18.4. The van der Waals surface area contributed by atoms with Gasteiger partial charge in [-0.25, -0.2) is 5.43 Å². The van der Waals surface area contributed by atoms with Gasteiger partial charge in [0.15, 0.2) is 0 Å². The molecule has 1 fully saturated rings. The Kier molecular flexibility index (Phi) is 6.07. The second-order valence-corrected chi connectivity index (χ2v) is 6.66. The van der Waals surface area contributed by atoms with Crippen LogP contribution in [0.1, 0.15) is 37.9 Å². The average molecular weight is 374 g/mol. The minimum Gasteiger partial charge on any atom is -0.455 e. The summed E-state index contributed by atoms with van der Waals surface area (Å²) in [5.41, 5.74) is 3.06. The number of carbonyl (C=O) groups is 2. The van der Waals surface area contributed by atoms with Crippen LogP contribution in [0.3, 0.4) is 0 Å². The van der Waals surface area contributed by atoms with Gasteiger partial charge in [-0.2, -0.15) is 5.10 Å². The Bertz CT molecular complexity index is 810. The smallest absolute Gasteiger partial charge is 0.329 e. The first-order valence-corrected chi connectivity index (χ1v) is 8.99. The molecule has 2 aromatic rings. The number of rotatable bonds is 4. The Labute approximate surface area is 156 Å². The summed E-state index contributed by atoms with van der Waals surface area (Å²) in [6, 6.07) is 10.9. The third-order valence-corrected chi connectivity index (χ3v) is 4.48. The lowest BCUT2D eigenvalue weighted by molar-refractivity contribution is -0.139. The second-order valence-electron chi connectivity index (χ2n) is 6.22. The summed E-state index contributed by atoms with van der Waals surface area (Å²) >= 11 is 5.97. The summed E-state index contributed by atoms with van der Waals surface area (Å²) < 4.78 is 5.63. The number of carbonyl (C=O) groups excluding carboxylic acids is 2. The number of halogens is 1. The van der Waals surface area contributed by atoms with Gasteiger partial charge in [-0.1, -0.05) is 43.0 Å². The van der Waals surface area contributed by atoms with Crippen LogP contribution in [0.15, 0.2) is 45.9 Å². The molecule has 0 saturated heterocycles. The monoisotopic (exact) mass is 373 g/mol. The molecule has 0 atom stereocenters. The SMILES string of the molecule is O=C(N/N=C/c1ccc(-c2cccc(Cl)c2)o1)C(=O)NC1CCCCC1. The number of nitrogens with zero attached hydrogens (tertiary/aromatic N) is 1. The van der Waals surface area contributed by atoms with E-state index in [1.807, 2.05) is 12.1 Å². The molecule has 0 bridgehead atoms. The van der Waals surface area contributed by atoms with Gasteiger partial charge in [0.25, 0.3) is 0 Å². The van der Waals surface area contributed by atoms with Crippen LogP contribution in [-0.2, 0) is 9.59 Å². The van der Waals surface area contributed by atoms with Crippen molar-refractivity contribution in [1.29, 1.82) is 0 Å². The van der Waals surface area contributed by atoms with Crippen LogP contribution >= 0.6 is 11.6 Å². The molecule has 0 aliphatic heterocycles. The van der Waals surface area contributed by atoms with Crippen LogP contribution in [0, 0.1) is 0 Å². The molecule has 26 heavy (non-hydrogen) atoms. The van der Waals surface area contributed by atoms with Gasteiger partial charge in [0.1, 0.15) is 11.5 Å². The minimum atomic E-state index is -0.784. The third kappa shape index (κ3) is 4.95. The molecular weight excluding hydrogens is 354 g/mol. The molecule has 6 nitrogen and oxygen atoms in total. The van der Waals surface area contributed by atoms with Crippen molar-refractivity contribution in [2.75, 3.05) is 0 Å². The fourth-order valence-electron chi connectivity index (χ4n) is 2.92. The van der Waals surface area contributed by atoms with Crippen LogP contribution in [0.5, 0.6) is 0 Å². The van der Waals surface area contributed by atoms with Gasteiger partial charge in [0.2, 0.25) is 0 Å². The van der Waals surface area contributed by atoms with Crippen molar-refractivity contribution in [3.8, 4) is 11.3 Å². The maximum Gasteiger partial charge on any atom is 0.329 e. The van der Waals surface area contributed by atoms with Crippen LogP contribution in [-0.4, -0.2) is 24.1 Å². The van der Waals surface area contributed by atoms with E-state index >= 15 is 0 Å². The molecule has 1 aromatic heterocycles. The number of benzene rings is 1. The largest absolute Gasteiger partial charge is 0.455 e. The Morgan fingerprint density at radius 3 is 2.69 bits per heavy atom. The van der Waals surface area contributed by atoms with Crippen molar-refractivity contribution in [2.24, 2.45) is 5.10 Å². The molecule has 0 unspecified atom stereocenters. The first-order chi connectivity index (χ1) is 12.6. The fourth-order valence-corrected chi connectivity index (χ4v) is 3.11. The van der Waals surface area contributed by atoms with Gasteiger partial charge in [-0.05, 0) is 37.1 Å². The van der Waals surface area contributed by atoms with E-state index in [1.54, 1.807) is 24.3 Å². The Morgan fingerprint density at radius 1 is 1.12 bits per heavy atom. The van der Waals surface area contributed by atoms with E-state index in [2.05, 4.69) is 15.8 Å². The normalized spacial score (nSPS) is 15.1. The lowest BCUT2D eigenvalue weighted by Crippen LogP contribution is -2.44. The standard InChI is InChI=1S/C19H20ClN3O3/c20-14-6-4-5-13(11-14)17-10-9-16(26-17)12-21-23-19(25)18(24)22-15-7-2-1-3-8-15/h4-6,9-12,15H,1-3,7-8H2,(H,22,24)(H,23,25)/b21-12+. The highest BCUT2D eigenvalue weighted by Gasteiger charge is 2.19. The van der Waals surface area contributed by atoms with Crippen molar-refractivity contribution >= 4 is 29.6 Å². The number of furan rings is 1. The highest BCUT2D eigenvalue weighted by Crippen LogP contribution is 2.24. The minimum absolute atomic E-state index is 0.0799. The van der Waals surface area contributed by atoms with Gasteiger partial charge in [0.05, 0.1) is 6.21 Å². The van der Waals surface area contributed by atoms with Gasteiger partial charge >= 0.3 is 11.8 Å². The van der Waals surface area contributed by atoms with Crippen LogP contribution in [0.25, 0.3) is 11.3 Å². The predicted molar refractivity (Wildman–Crippen MR) is 99.9 cm³/mol. The van der Waals surface area contributed by atoms with Crippen LogP contribution in [0.4, 0.5) is 0 Å². The van der Waals surface area contributed by atoms with Gasteiger partial charge < -0.3 is 9.73 Å². The number of amides is 2. The summed E-state index contributed by atoms with van der Waals surface area (Å²) in [5.74, 6) is -0.357. The first kappa shape index (κ1) is 18.2. The molecule has 0 radical (unpaired) electrons. The van der Waals surface area contributed by atoms with E-state index in [0.717, 1.165) is 31.2 Å². The van der Waals surface area contributed by atoms with E-state index in [0.29, 0.717) is 16.5 Å². The molecule has 1 saturated carbocycles. The quantitative estimate of drug-likeness (QED) is 0.488. The van der Waals surface area contributed by atoms with Crippen molar-refractivity contribution in [3.05, 3.63) is 47.2 Å². The summed E-state index contributed by atoms with van der Waals surface area (Å²) in [4.78, 5) is 23.6. The van der Waals surface area contributed by atoms with Crippen molar-refractivity contribution in [2.45, 2.75) is 38.1 Å². The molecule has 0 spiro atoms. The average Bonchev–Trinajstić information content (AvgIpc) is 3.11. The molecule has 2 N–H and O–H groups in total. The lowest BCUT2D eigenvalue weighted by Gasteiger charge is -2.22. The molecule has 1 aliphatic carbocycles. The maximum absolute atomic E-state index is 11.8. The molecular formula is C19H20ClN3O3. The van der Waals surface area contributed by atoms with E-state index in [4.69, 9.17) is 16.0 Å². The highest BCUT2D eigenvalue weighted by atomic mass is 35.5. The Balaban J connectivity index is 1.52. The maximum atomic E-state index is 11.8. The van der Waals surface area contributed by atoms with Crippen molar-refractivity contribution in [1.82, 2.24) is 10.7 Å². The van der Waals surface area contributed by atoms with Gasteiger partial charge in [-0.15, -0.1) is 0 Å². The molecule has 1 aliphatic rings. The predicted octanol–water partition coefficient (Wildman–Crippen LogP) is 3.50. The number of nitrogens with one attached hydrogen (secondary N) is 2. The number of hydrogen-bond acceptors (Lipinski definition) is 4. The zero-order valence-electron chi connectivity index (χ0n) is 14.2. The summed E-state index contributed by atoms with van der Waals surface area (Å²) in [5, 5.41) is 7.13. The summed E-state index contributed by atoms with van der Waals surface area (Å²) in [6.07, 6.45) is 6.53. The Hall–Kier alpha value is -2.60. The molecule has 7 heteroatoms. The fraction of sp³-hybridized carbons (Fsp3) is 0.316. The lowest BCUT2D eigenvalue weighted by atomic mass is 9.95. The van der Waals surface area contributed by atoms with E-state index in [9.17, 15) is 9.59 Å². The molecule has 1 aromatic carbocycles. The van der Waals surface area contributed by atoms with Crippen LogP contribution in [0.2, 0.25) is 5.02 Å². The summed E-state index contributed by atoms with van der Waals surface area (Å²) in [7, 11) is 0. The topological polar surface area (TPSA) is 83.7 Å². The van der Waals surface area contributed by atoms with Crippen LogP contribution < -0.4 is 10.7 Å². The molecule has 136 valence electrons. The van der Waals surface area contributed by atoms with E-state index in [1.165, 1.54) is 12.6 Å². The van der Waals surface area contributed by atoms with Crippen molar-refractivity contribution < 1.29 is 14.0 Å². The third-order valence-electron chi connectivity index (χ3n) is 4.24. The van der Waals surface area contributed by atoms with Gasteiger partial charge in [-0.3, -0.25) is 9.59 Å². The molecule has 2 amide bonds. The van der Waals surface area contributed by atoms with Gasteiger partial charge in [0, 0.05) is 16.6 Å². The number of hydrazone groups is 1. The number of hydrogen-bond donors (Lipinski definition) is 2. The molecule has 3 rings (SSSR count). The van der Waals surface area contributed by atoms with E-state index in [-0.39, 0.29) is 6.04 Å². The molecule has 1 heterocycles. The van der Waals surface area contributed by atoms with Crippen molar-refractivity contribution in [3.63, 3.8) is 0 Å². The zero-order valence-corrected chi connectivity index (χ0v) is 15.0.